The summed E-state index contributed by atoms with van der Waals surface area (Å²) in [6.45, 7) is -0.165. The Morgan fingerprint density at radius 2 is 1.75 bits per heavy atom. The summed E-state index contributed by atoms with van der Waals surface area (Å²) in [5, 5.41) is 5.05. The van der Waals surface area contributed by atoms with E-state index in [1.54, 1.807) is 0 Å². The van der Waals surface area contributed by atoms with Gasteiger partial charge in [-0.1, -0.05) is 0 Å². The van der Waals surface area contributed by atoms with Gasteiger partial charge in [0, 0.05) is 12.2 Å². The van der Waals surface area contributed by atoms with Gasteiger partial charge in [0.1, 0.15) is 11.7 Å². The molecule has 1 aliphatic rings. The number of halogens is 1. The number of urea groups is 1. The van der Waals surface area contributed by atoms with E-state index in [4.69, 9.17) is 0 Å². The van der Waals surface area contributed by atoms with Crippen LogP contribution in [0.1, 0.15) is 10.4 Å². The molecule has 0 aromatic heterocycles. The standard InChI is InChI=1S/C19H16FN3O5/c1-28-18(26)11-2-6-13(7-3-11)22-16(24)15-10-21-19(27)23(17(15)25)14-8-4-12(20)5-9-14/h2-9,15H,10H2,1H3,(H,21,27)(H,22,24). The third-order valence-electron chi connectivity index (χ3n) is 4.15. The molecule has 4 amide bonds. The summed E-state index contributed by atoms with van der Waals surface area (Å²) in [6, 6.07) is 10.0. The van der Waals surface area contributed by atoms with E-state index in [2.05, 4.69) is 15.4 Å². The molecule has 9 heteroatoms. The molecule has 2 N–H and O–H groups in total. The zero-order chi connectivity index (χ0) is 20.3. The Labute approximate surface area is 159 Å². The van der Waals surface area contributed by atoms with Crippen LogP contribution in [0.4, 0.5) is 20.6 Å². The number of imide groups is 1. The zero-order valence-corrected chi connectivity index (χ0v) is 14.8. The highest BCUT2D eigenvalue weighted by molar-refractivity contribution is 6.23. The maximum absolute atomic E-state index is 13.1. The van der Waals surface area contributed by atoms with Crippen molar-refractivity contribution in [2.75, 3.05) is 23.9 Å². The zero-order valence-electron chi connectivity index (χ0n) is 14.8. The highest BCUT2D eigenvalue weighted by atomic mass is 19.1. The number of methoxy groups -OCH3 is 1. The highest BCUT2D eigenvalue weighted by Crippen LogP contribution is 2.21. The lowest BCUT2D eigenvalue weighted by Crippen LogP contribution is -2.58. The second-order valence-corrected chi connectivity index (χ2v) is 5.95. The summed E-state index contributed by atoms with van der Waals surface area (Å²) in [7, 11) is 1.26. The summed E-state index contributed by atoms with van der Waals surface area (Å²) in [5.74, 6) is -3.54. The molecule has 8 nitrogen and oxygen atoms in total. The molecule has 2 aromatic rings. The Morgan fingerprint density at radius 1 is 1.11 bits per heavy atom. The average molecular weight is 385 g/mol. The fourth-order valence-electron chi connectivity index (χ4n) is 2.69. The molecule has 0 spiro atoms. The van der Waals surface area contributed by atoms with Gasteiger partial charge in [-0.15, -0.1) is 0 Å². The number of hydrogen-bond donors (Lipinski definition) is 2. The van der Waals surface area contributed by atoms with E-state index in [0.29, 0.717) is 11.3 Å². The molecular weight excluding hydrogens is 369 g/mol. The molecule has 1 saturated heterocycles. The van der Waals surface area contributed by atoms with E-state index in [9.17, 15) is 23.6 Å². The van der Waals surface area contributed by atoms with Crippen LogP contribution in [0.25, 0.3) is 0 Å². The van der Waals surface area contributed by atoms with E-state index < -0.39 is 35.5 Å². The minimum Gasteiger partial charge on any atom is -0.465 e. The van der Waals surface area contributed by atoms with Gasteiger partial charge in [-0.3, -0.25) is 9.59 Å². The fourth-order valence-corrected chi connectivity index (χ4v) is 2.69. The molecular formula is C19H16FN3O5. The van der Waals surface area contributed by atoms with Gasteiger partial charge in [0.25, 0.3) is 0 Å². The number of anilines is 2. The fraction of sp³-hybridized carbons (Fsp3) is 0.158. The summed E-state index contributed by atoms with van der Waals surface area (Å²) in [4.78, 5) is 49.5. The summed E-state index contributed by atoms with van der Waals surface area (Å²) >= 11 is 0. The first-order valence-corrected chi connectivity index (χ1v) is 8.27. The molecule has 144 valence electrons. The van der Waals surface area contributed by atoms with Crippen LogP contribution in [0.3, 0.4) is 0 Å². The van der Waals surface area contributed by atoms with Crippen LogP contribution in [-0.4, -0.2) is 37.5 Å². The Kier molecular flexibility index (Phi) is 5.35. The highest BCUT2D eigenvalue weighted by Gasteiger charge is 2.39. The molecule has 3 rings (SSSR count). The smallest absolute Gasteiger partial charge is 0.337 e. The molecule has 1 unspecified atom stereocenters. The van der Waals surface area contributed by atoms with Crippen LogP contribution < -0.4 is 15.5 Å². The average Bonchev–Trinajstić information content (AvgIpc) is 2.69. The predicted molar refractivity (Wildman–Crippen MR) is 97.2 cm³/mol. The second-order valence-electron chi connectivity index (χ2n) is 5.95. The lowest BCUT2D eigenvalue weighted by Gasteiger charge is -2.30. The molecule has 1 fully saturated rings. The molecule has 1 aliphatic heterocycles. The Bertz CT molecular complexity index is 928. The van der Waals surface area contributed by atoms with E-state index in [0.717, 1.165) is 17.0 Å². The molecule has 28 heavy (non-hydrogen) atoms. The normalized spacial score (nSPS) is 16.4. The minimum atomic E-state index is -1.16. The number of nitrogens with one attached hydrogen (secondary N) is 2. The minimum absolute atomic E-state index is 0.156. The largest absolute Gasteiger partial charge is 0.465 e. The van der Waals surface area contributed by atoms with E-state index in [1.165, 1.54) is 43.5 Å². The monoisotopic (exact) mass is 385 g/mol. The number of benzene rings is 2. The molecule has 0 saturated carbocycles. The maximum Gasteiger partial charge on any atom is 0.337 e. The van der Waals surface area contributed by atoms with Crippen LogP contribution in [-0.2, 0) is 14.3 Å². The van der Waals surface area contributed by atoms with E-state index in [1.807, 2.05) is 0 Å². The molecule has 2 aromatic carbocycles. The number of ether oxygens (including phenoxy) is 1. The molecule has 0 radical (unpaired) electrons. The van der Waals surface area contributed by atoms with Gasteiger partial charge >= 0.3 is 12.0 Å². The van der Waals surface area contributed by atoms with Gasteiger partial charge in [-0.05, 0) is 48.5 Å². The Balaban J connectivity index is 1.74. The summed E-state index contributed by atoms with van der Waals surface area (Å²) < 4.78 is 17.7. The number of amides is 4. The van der Waals surface area contributed by atoms with Crippen molar-refractivity contribution in [3.8, 4) is 0 Å². The summed E-state index contributed by atoms with van der Waals surface area (Å²) in [5.41, 5.74) is 0.837. The van der Waals surface area contributed by atoms with Gasteiger partial charge in [-0.2, -0.15) is 0 Å². The van der Waals surface area contributed by atoms with Crippen molar-refractivity contribution in [2.45, 2.75) is 0 Å². The van der Waals surface area contributed by atoms with Crippen LogP contribution in [0.15, 0.2) is 48.5 Å². The predicted octanol–water partition coefficient (Wildman–Crippen LogP) is 1.92. The third kappa shape index (κ3) is 3.83. The van der Waals surface area contributed by atoms with Gasteiger partial charge in [-0.25, -0.2) is 18.9 Å². The topological polar surface area (TPSA) is 105 Å². The van der Waals surface area contributed by atoms with Gasteiger partial charge in [0.15, 0.2) is 0 Å². The number of carbonyl (C=O) groups is 4. The lowest BCUT2D eigenvalue weighted by molar-refractivity contribution is -0.130. The Morgan fingerprint density at radius 3 is 2.36 bits per heavy atom. The third-order valence-corrected chi connectivity index (χ3v) is 4.15. The van der Waals surface area contributed by atoms with Crippen molar-refractivity contribution >= 4 is 35.2 Å². The maximum atomic E-state index is 13.1. The number of hydrogen-bond acceptors (Lipinski definition) is 5. The number of nitrogens with zero attached hydrogens (tertiary/aromatic N) is 1. The van der Waals surface area contributed by atoms with Crippen LogP contribution in [0.5, 0.6) is 0 Å². The second kappa shape index (κ2) is 7.87. The van der Waals surface area contributed by atoms with E-state index >= 15 is 0 Å². The van der Waals surface area contributed by atoms with Crippen molar-refractivity contribution in [1.82, 2.24) is 5.32 Å². The number of esters is 1. The van der Waals surface area contributed by atoms with Crippen LogP contribution >= 0.6 is 0 Å². The lowest BCUT2D eigenvalue weighted by atomic mass is 10.0. The summed E-state index contributed by atoms with van der Waals surface area (Å²) in [6.07, 6.45) is 0. The van der Waals surface area contributed by atoms with Gasteiger partial charge in [0.05, 0.1) is 18.4 Å². The van der Waals surface area contributed by atoms with Crippen molar-refractivity contribution < 1.29 is 28.3 Å². The number of rotatable bonds is 4. The van der Waals surface area contributed by atoms with Gasteiger partial charge in [0.2, 0.25) is 11.8 Å². The van der Waals surface area contributed by atoms with Crippen molar-refractivity contribution in [3.05, 3.63) is 59.9 Å². The number of carbonyl (C=O) groups excluding carboxylic acids is 4. The van der Waals surface area contributed by atoms with Gasteiger partial charge < -0.3 is 15.4 Å². The molecule has 0 aliphatic carbocycles. The quantitative estimate of drug-likeness (QED) is 0.618. The molecule has 0 bridgehead atoms. The first-order valence-electron chi connectivity index (χ1n) is 8.27. The van der Waals surface area contributed by atoms with Crippen molar-refractivity contribution in [1.29, 1.82) is 0 Å². The Hall–Kier alpha value is -3.75. The first kappa shape index (κ1) is 19.0. The van der Waals surface area contributed by atoms with Crippen LogP contribution in [0, 0.1) is 11.7 Å². The van der Waals surface area contributed by atoms with Crippen molar-refractivity contribution in [2.24, 2.45) is 5.92 Å². The molecule has 1 heterocycles. The first-order chi connectivity index (χ1) is 13.4. The van der Waals surface area contributed by atoms with Crippen LogP contribution in [0.2, 0.25) is 0 Å². The van der Waals surface area contributed by atoms with E-state index in [-0.39, 0.29) is 12.2 Å². The van der Waals surface area contributed by atoms with Crippen molar-refractivity contribution in [3.63, 3.8) is 0 Å². The molecule has 1 atom stereocenters. The SMILES string of the molecule is COC(=O)c1ccc(NC(=O)C2CNC(=O)N(c3ccc(F)cc3)C2=O)cc1.